The largest absolute Gasteiger partial charge is 0.369 e. The maximum Gasteiger partial charge on any atom is 0.146 e. The maximum atomic E-state index is 14.1. The molecule has 2 aliphatic rings. The second-order valence-corrected chi connectivity index (χ2v) is 6.62. The summed E-state index contributed by atoms with van der Waals surface area (Å²) in [6.45, 7) is 5.72. The van der Waals surface area contributed by atoms with E-state index in [2.05, 4.69) is 9.80 Å². The van der Waals surface area contributed by atoms with Gasteiger partial charge < -0.3 is 9.80 Å². The molecule has 0 aliphatic carbocycles. The Morgan fingerprint density at radius 3 is 2.43 bits per heavy atom. The minimum Gasteiger partial charge on any atom is -0.369 e. The van der Waals surface area contributed by atoms with Gasteiger partial charge >= 0.3 is 0 Å². The van der Waals surface area contributed by atoms with E-state index in [-0.39, 0.29) is 5.82 Å². The highest BCUT2D eigenvalue weighted by Crippen LogP contribution is 2.27. The van der Waals surface area contributed by atoms with Crippen LogP contribution in [0.25, 0.3) is 0 Å². The molecule has 2 heterocycles. The van der Waals surface area contributed by atoms with Crippen molar-refractivity contribution >= 4 is 17.3 Å². The topological polar surface area (TPSA) is 6.48 Å². The van der Waals surface area contributed by atoms with Crippen molar-refractivity contribution < 1.29 is 4.39 Å². The van der Waals surface area contributed by atoms with Crippen LogP contribution in [0.3, 0.4) is 0 Å². The van der Waals surface area contributed by atoms with E-state index in [0.29, 0.717) is 5.88 Å². The third kappa shape index (κ3) is 3.70. The summed E-state index contributed by atoms with van der Waals surface area (Å²) in [5, 5.41) is 0. The molecule has 2 nitrogen and oxygen atoms in total. The van der Waals surface area contributed by atoms with Crippen LogP contribution in [-0.2, 0) is 5.88 Å². The highest BCUT2D eigenvalue weighted by atomic mass is 35.5. The van der Waals surface area contributed by atoms with Crippen LogP contribution in [0.15, 0.2) is 18.2 Å². The average Bonchev–Trinajstić information content (AvgIpc) is 3.01. The van der Waals surface area contributed by atoms with Crippen molar-refractivity contribution in [2.45, 2.75) is 31.6 Å². The predicted octanol–water partition coefficient (Wildman–Crippen LogP) is 3.88. The molecule has 4 heteroatoms. The zero-order valence-corrected chi connectivity index (χ0v) is 13.3. The Kier molecular flexibility index (Phi) is 5.02. The van der Waals surface area contributed by atoms with Crippen molar-refractivity contribution in [2.24, 2.45) is 5.92 Å². The lowest BCUT2D eigenvalue weighted by Crippen LogP contribution is -2.38. The lowest BCUT2D eigenvalue weighted by Gasteiger charge is -2.35. The zero-order chi connectivity index (χ0) is 14.7. The summed E-state index contributed by atoms with van der Waals surface area (Å²) in [6.07, 6.45) is 5.06. The monoisotopic (exact) mass is 310 g/mol. The minimum absolute atomic E-state index is 0.133. The average molecular weight is 311 g/mol. The summed E-state index contributed by atoms with van der Waals surface area (Å²) in [5.74, 6) is 1.02. The molecule has 2 fully saturated rings. The van der Waals surface area contributed by atoms with Gasteiger partial charge in [0.05, 0.1) is 5.69 Å². The molecule has 2 saturated heterocycles. The Balaban J connectivity index is 1.55. The molecule has 0 spiro atoms. The van der Waals surface area contributed by atoms with Crippen molar-refractivity contribution in [3.63, 3.8) is 0 Å². The van der Waals surface area contributed by atoms with E-state index in [4.69, 9.17) is 11.6 Å². The molecule has 3 rings (SSSR count). The Morgan fingerprint density at radius 2 is 1.81 bits per heavy atom. The lowest BCUT2D eigenvalue weighted by molar-refractivity contribution is 0.249. The molecule has 116 valence electrons. The van der Waals surface area contributed by atoms with Gasteiger partial charge in [0.1, 0.15) is 5.82 Å². The van der Waals surface area contributed by atoms with Crippen LogP contribution in [0.4, 0.5) is 10.1 Å². The molecule has 0 N–H and O–H groups in total. The highest BCUT2D eigenvalue weighted by molar-refractivity contribution is 6.17. The number of benzene rings is 1. The molecule has 1 aromatic carbocycles. The zero-order valence-electron chi connectivity index (χ0n) is 12.5. The van der Waals surface area contributed by atoms with Gasteiger partial charge in [-0.2, -0.15) is 0 Å². The molecule has 2 aliphatic heterocycles. The number of piperidine rings is 1. The second kappa shape index (κ2) is 6.97. The molecule has 0 aromatic heterocycles. The van der Waals surface area contributed by atoms with Crippen LogP contribution >= 0.6 is 11.6 Å². The van der Waals surface area contributed by atoms with Gasteiger partial charge in [-0.3, -0.25) is 0 Å². The van der Waals surface area contributed by atoms with E-state index >= 15 is 0 Å². The van der Waals surface area contributed by atoms with Gasteiger partial charge in [-0.15, -0.1) is 11.6 Å². The SMILES string of the molecule is Fc1cc(CCl)ccc1N1CCC(CN2CCCC2)CC1. The highest BCUT2D eigenvalue weighted by Gasteiger charge is 2.24. The number of likely N-dealkylation sites (tertiary alicyclic amines) is 1. The standard InChI is InChI=1S/C17H24ClFN2/c18-12-15-3-4-17(16(19)11-15)21-9-5-14(6-10-21)13-20-7-1-2-8-20/h3-4,11,14H,1-2,5-10,12-13H2. The number of alkyl halides is 1. The van der Waals surface area contributed by atoms with E-state index in [1.807, 2.05) is 12.1 Å². The number of hydrogen-bond acceptors (Lipinski definition) is 2. The van der Waals surface area contributed by atoms with Gasteiger partial charge in [0.25, 0.3) is 0 Å². The first-order valence-electron chi connectivity index (χ1n) is 8.08. The van der Waals surface area contributed by atoms with E-state index < -0.39 is 0 Å². The number of halogens is 2. The summed E-state index contributed by atoms with van der Waals surface area (Å²) in [7, 11) is 0. The van der Waals surface area contributed by atoms with Crippen molar-refractivity contribution in [3.05, 3.63) is 29.6 Å². The molecule has 0 radical (unpaired) electrons. The number of hydrogen-bond donors (Lipinski definition) is 0. The minimum atomic E-state index is -0.133. The molecule has 21 heavy (non-hydrogen) atoms. The summed E-state index contributed by atoms with van der Waals surface area (Å²) >= 11 is 5.75. The van der Waals surface area contributed by atoms with E-state index in [1.54, 1.807) is 6.07 Å². The first-order chi connectivity index (χ1) is 10.3. The van der Waals surface area contributed by atoms with Crippen LogP contribution in [0.2, 0.25) is 0 Å². The van der Waals surface area contributed by atoms with Crippen molar-refractivity contribution in [3.8, 4) is 0 Å². The normalized spacial score (nSPS) is 21.1. The third-order valence-corrected chi connectivity index (χ3v) is 5.15. The maximum absolute atomic E-state index is 14.1. The fourth-order valence-electron chi connectivity index (χ4n) is 3.58. The van der Waals surface area contributed by atoms with Crippen LogP contribution in [0, 0.1) is 11.7 Å². The molecule has 0 saturated carbocycles. The van der Waals surface area contributed by atoms with Gasteiger partial charge in [0, 0.05) is 25.5 Å². The second-order valence-electron chi connectivity index (χ2n) is 6.36. The fraction of sp³-hybridized carbons (Fsp3) is 0.647. The van der Waals surface area contributed by atoms with Crippen LogP contribution in [-0.4, -0.2) is 37.6 Å². The van der Waals surface area contributed by atoms with Gasteiger partial charge in [-0.05, 0) is 62.4 Å². The Bertz CT molecular complexity index is 466. The van der Waals surface area contributed by atoms with E-state index in [9.17, 15) is 4.39 Å². The predicted molar refractivity (Wildman–Crippen MR) is 86.6 cm³/mol. The van der Waals surface area contributed by atoms with E-state index in [1.165, 1.54) is 45.3 Å². The number of anilines is 1. The molecular formula is C17H24ClFN2. The summed E-state index contributed by atoms with van der Waals surface area (Å²) in [5.41, 5.74) is 1.59. The molecule has 0 amide bonds. The Labute approximate surface area is 131 Å². The quantitative estimate of drug-likeness (QED) is 0.779. The smallest absolute Gasteiger partial charge is 0.146 e. The summed E-state index contributed by atoms with van der Waals surface area (Å²) in [4.78, 5) is 4.78. The summed E-state index contributed by atoms with van der Waals surface area (Å²) < 4.78 is 14.1. The van der Waals surface area contributed by atoms with Gasteiger partial charge in [-0.25, -0.2) is 4.39 Å². The van der Waals surface area contributed by atoms with Crippen LogP contribution < -0.4 is 4.90 Å². The first kappa shape index (κ1) is 15.1. The molecule has 0 unspecified atom stereocenters. The first-order valence-corrected chi connectivity index (χ1v) is 8.61. The van der Waals surface area contributed by atoms with Crippen LogP contribution in [0.1, 0.15) is 31.2 Å². The van der Waals surface area contributed by atoms with Crippen molar-refractivity contribution in [2.75, 3.05) is 37.6 Å². The lowest BCUT2D eigenvalue weighted by atomic mass is 9.95. The Morgan fingerprint density at radius 1 is 1.10 bits per heavy atom. The van der Waals surface area contributed by atoms with Crippen LogP contribution in [0.5, 0.6) is 0 Å². The molecule has 0 bridgehead atoms. The Hall–Kier alpha value is -0.800. The van der Waals surface area contributed by atoms with Gasteiger partial charge in [0.15, 0.2) is 0 Å². The molecule has 1 aromatic rings. The molecular weight excluding hydrogens is 287 g/mol. The molecule has 0 atom stereocenters. The fourth-order valence-corrected chi connectivity index (χ4v) is 3.74. The third-order valence-electron chi connectivity index (χ3n) is 4.84. The van der Waals surface area contributed by atoms with E-state index in [0.717, 1.165) is 30.3 Å². The van der Waals surface area contributed by atoms with Gasteiger partial charge in [0.2, 0.25) is 0 Å². The summed E-state index contributed by atoms with van der Waals surface area (Å²) in [6, 6.07) is 5.38. The van der Waals surface area contributed by atoms with Crippen molar-refractivity contribution in [1.82, 2.24) is 4.90 Å². The van der Waals surface area contributed by atoms with Crippen molar-refractivity contribution in [1.29, 1.82) is 0 Å². The number of nitrogens with zero attached hydrogens (tertiary/aromatic N) is 2. The van der Waals surface area contributed by atoms with Gasteiger partial charge in [-0.1, -0.05) is 6.07 Å². The number of rotatable bonds is 4.